The maximum atomic E-state index is 13.2. The normalized spacial score (nSPS) is 29.4. The monoisotopic (exact) mass is 403 g/mol. The minimum atomic E-state index is -1.60. The molecule has 1 aromatic rings. The molecule has 0 saturated carbocycles. The minimum Gasteiger partial charge on any atom is -0.480 e. The lowest BCUT2D eigenvalue weighted by Gasteiger charge is -2.34. The topological polar surface area (TPSA) is 134 Å². The highest BCUT2D eigenvalue weighted by atomic mass is 16.7. The lowest BCUT2D eigenvalue weighted by atomic mass is 9.76. The molecule has 4 atom stereocenters. The van der Waals surface area contributed by atoms with Crippen molar-refractivity contribution in [1.82, 2.24) is 10.2 Å². The number of carbonyl (C=O) groups is 4. The number of amides is 2. The quantitative estimate of drug-likeness (QED) is 0.280. The molecule has 4 rings (SSSR count). The predicted octanol–water partition coefficient (Wildman–Crippen LogP) is -0.250. The Balaban J connectivity index is 1.72. The molecule has 0 spiro atoms. The highest BCUT2D eigenvalue weighted by molar-refractivity contribution is 6.22. The molecule has 2 bridgehead atoms. The van der Waals surface area contributed by atoms with Crippen LogP contribution in [-0.4, -0.2) is 59.1 Å². The number of carbonyl (C=O) groups excluding carboxylic acids is 4. The fourth-order valence-electron chi connectivity index (χ4n) is 3.98. The largest absolute Gasteiger partial charge is 0.480 e. The van der Waals surface area contributed by atoms with Crippen LogP contribution in [-0.2, 0) is 33.4 Å². The van der Waals surface area contributed by atoms with Gasteiger partial charge in [0, 0.05) is 19.9 Å². The summed E-state index contributed by atoms with van der Waals surface area (Å²) in [5.41, 5.74) is -1.60. The van der Waals surface area contributed by atoms with E-state index in [4.69, 9.17) is 18.9 Å². The molecule has 1 aromatic heterocycles. The van der Waals surface area contributed by atoms with Gasteiger partial charge in [-0.05, 0) is 12.1 Å². The first-order valence-corrected chi connectivity index (χ1v) is 8.75. The summed E-state index contributed by atoms with van der Waals surface area (Å²) in [5.74, 6) is -4.28. The van der Waals surface area contributed by atoms with Crippen molar-refractivity contribution in [3.05, 3.63) is 24.3 Å². The van der Waals surface area contributed by atoms with Crippen LogP contribution in [0.15, 0.2) is 24.3 Å². The van der Waals surface area contributed by atoms with Gasteiger partial charge < -0.3 is 18.9 Å². The van der Waals surface area contributed by atoms with E-state index in [1.54, 1.807) is 6.08 Å². The Morgan fingerprint density at radius 3 is 2.38 bits per heavy atom. The van der Waals surface area contributed by atoms with Crippen LogP contribution < -0.4 is 9.64 Å². The zero-order valence-corrected chi connectivity index (χ0v) is 15.7. The number of esters is 2. The van der Waals surface area contributed by atoms with E-state index in [0.29, 0.717) is 0 Å². The first-order chi connectivity index (χ1) is 13.8. The first-order valence-electron chi connectivity index (χ1n) is 8.75. The van der Waals surface area contributed by atoms with Crippen LogP contribution in [0, 0.1) is 11.8 Å². The molecule has 0 aromatic carbocycles. The number of imide groups is 1. The molecule has 0 unspecified atom stereocenters. The number of anilines is 1. The molecule has 3 aliphatic heterocycles. The van der Waals surface area contributed by atoms with Crippen molar-refractivity contribution in [1.29, 1.82) is 0 Å². The average Bonchev–Trinajstić information content (AvgIpc) is 3.32. The molecular weight excluding hydrogens is 386 g/mol. The summed E-state index contributed by atoms with van der Waals surface area (Å²) in [4.78, 5) is 50.3. The first kappa shape index (κ1) is 19.0. The molecule has 152 valence electrons. The molecule has 2 amide bonds. The second-order valence-corrected chi connectivity index (χ2v) is 6.80. The van der Waals surface area contributed by atoms with Crippen molar-refractivity contribution >= 4 is 29.6 Å². The Kier molecular flexibility index (Phi) is 4.34. The van der Waals surface area contributed by atoms with E-state index in [-0.39, 0.29) is 11.7 Å². The molecule has 0 radical (unpaired) electrons. The van der Waals surface area contributed by atoms with Gasteiger partial charge in [0.15, 0.2) is 11.4 Å². The number of fused-ring (bicyclic) bond motifs is 5. The molecule has 2 saturated heterocycles. The fourth-order valence-corrected chi connectivity index (χ4v) is 3.98. The van der Waals surface area contributed by atoms with E-state index in [1.165, 1.54) is 25.3 Å². The number of aromatic nitrogens is 2. The number of rotatable bonds is 5. The van der Waals surface area contributed by atoms with E-state index in [1.807, 2.05) is 0 Å². The van der Waals surface area contributed by atoms with E-state index < -0.39 is 53.6 Å². The summed E-state index contributed by atoms with van der Waals surface area (Å²) in [7, 11) is 1.41. The van der Waals surface area contributed by atoms with E-state index >= 15 is 0 Å². The number of ether oxygens (including phenoxy) is 4. The van der Waals surface area contributed by atoms with Gasteiger partial charge in [-0.15, -0.1) is 10.2 Å². The van der Waals surface area contributed by atoms with Crippen molar-refractivity contribution in [3.8, 4) is 5.88 Å². The molecule has 29 heavy (non-hydrogen) atoms. The summed E-state index contributed by atoms with van der Waals surface area (Å²) < 4.78 is 21.1. The van der Waals surface area contributed by atoms with Gasteiger partial charge in [0.1, 0.15) is 0 Å². The lowest BCUT2D eigenvalue weighted by Crippen LogP contribution is -2.52. The molecule has 11 nitrogen and oxygen atoms in total. The summed E-state index contributed by atoms with van der Waals surface area (Å²) in [6.45, 7) is 2.27. The van der Waals surface area contributed by atoms with Crippen molar-refractivity contribution in [3.63, 3.8) is 0 Å². The third-order valence-corrected chi connectivity index (χ3v) is 5.06. The number of hydrogen-bond donors (Lipinski definition) is 0. The zero-order valence-electron chi connectivity index (χ0n) is 15.7. The number of nitrogens with zero attached hydrogens (tertiary/aromatic N) is 3. The third-order valence-electron chi connectivity index (χ3n) is 5.06. The smallest absolute Gasteiger partial charge is 0.305 e. The Morgan fingerprint density at radius 2 is 1.83 bits per heavy atom. The van der Waals surface area contributed by atoms with E-state index in [9.17, 15) is 19.2 Å². The van der Waals surface area contributed by atoms with Crippen LogP contribution in [0.3, 0.4) is 0 Å². The summed E-state index contributed by atoms with van der Waals surface area (Å²) >= 11 is 0. The van der Waals surface area contributed by atoms with Gasteiger partial charge in [-0.25, -0.2) is 4.90 Å². The van der Waals surface area contributed by atoms with Crippen LogP contribution >= 0.6 is 0 Å². The second-order valence-electron chi connectivity index (χ2n) is 6.80. The summed E-state index contributed by atoms with van der Waals surface area (Å²) in [5, 5.41) is 7.66. The molecule has 0 N–H and O–H groups in total. The summed E-state index contributed by atoms with van der Waals surface area (Å²) in [6, 6.07) is 2.90. The predicted molar refractivity (Wildman–Crippen MR) is 92.1 cm³/mol. The molecule has 0 aliphatic carbocycles. The molecule has 4 heterocycles. The van der Waals surface area contributed by atoms with Crippen LogP contribution in [0.5, 0.6) is 5.88 Å². The molecule has 2 fully saturated rings. The van der Waals surface area contributed by atoms with Gasteiger partial charge in [-0.2, -0.15) is 0 Å². The van der Waals surface area contributed by atoms with Gasteiger partial charge in [0.25, 0.3) is 6.29 Å². The van der Waals surface area contributed by atoms with Crippen molar-refractivity contribution in [2.45, 2.75) is 31.8 Å². The lowest BCUT2D eigenvalue weighted by molar-refractivity contribution is -0.226. The Hall–Kier alpha value is -3.34. The standard InChI is InChI=1S/C18H17N3O8/c1-8(22)27-17(28-9(2)23)18-7-6-10(29-18)13-14(18)16(25)21(15(13)24)11-4-5-12(26-3)20-19-11/h4-7,10,13-14,17H,1-3H3/t10-,13+,14-,18-/m1/s1. The van der Waals surface area contributed by atoms with E-state index in [0.717, 1.165) is 18.7 Å². The van der Waals surface area contributed by atoms with Crippen molar-refractivity contribution in [2.24, 2.45) is 11.8 Å². The van der Waals surface area contributed by atoms with Crippen LogP contribution in [0.1, 0.15) is 13.8 Å². The van der Waals surface area contributed by atoms with Crippen molar-refractivity contribution in [2.75, 3.05) is 12.0 Å². The van der Waals surface area contributed by atoms with E-state index in [2.05, 4.69) is 10.2 Å². The van der Waals surface area contributed by atoms with Gasteiger partial charge in [0.05, 0.1) is 25.0 Å². The summed E-state index contributed by atoms with van der Waals surface area (Å²) in [6.07, 6.45) is 0.841. The highest BCUT2D eigenvalue weighted by Gasteiger charge is 2.72. The van der Waals surface area contributed by atoms with Gasteiger partial charge in [0.2, 0.25) is 17.7 Å². The third kappa shape index (κ3) is 2.77. The van der Waals surface area contributed by atoms with Crippen LogP contribution in [0.4, 0.5) is 5.82 Å². The molecule has 3 aliphatic rings. The second kappa shape index (κ2) is 6.62. The maximum absolute atomic E-state index is 13.2. The Morgan fingerprint density at radius 1 is 1.14 bits per heavy atom. The minimum absolute atomic E-state index is 0.0290. The van der Waals surface area contributed by atoms with Crippen LogP contribution in [0.25, 0.3) is 0 Å². The van der Waals surface area contributed by atoms with Gasteiger partial charge in [-0.1, -0.05) is 6.08 Å². The average molecular weight is 403 g/mol. The number of hydrogen-bond acceptors (Lipinski definition) is 10. The van der Waals surface area contributed by atoms with Gasteiger partial charge >= 0.3 is 11.9 Å². The fraction of sp³-hybridized carbons (Fsp3) is 0.444. The number of methoxy groups -OCH3 is 1. The van der Waals surface area contributed by atoms with Crippen LogP contribution in [0.2, 0.25) is 0 Å². The maximum Gasteiger partial charge on any atom is 0.305 e. The molecular formula is C18H17N3O8. The Bertz CT molecular complexity index is 914. The SMILES string of the molecule is COc1ccc(N2C(=O)[C@H]3[C@H]4C=C[C@@](C(OC(C)=O)OC(C)=O)(O4)[C@H]3C2=O)nn1. The van der Waals surface area contributed by atoms with Crippen molar-refractivity contribution < 1.29 is 38.1 Å². The van der Waals surface area contributed by atoms with Gasteiger partial charge in [-0.3, -0.25) is 19.2 Å². The zero-order chi connectivity index (χ0) is 20.9. The molecule has 11 heteroatoms. The highest BCUT2D eigenvalue weighted by Crippen LogP contribution is 2.54. The Labute approximate surface area is 164 Å².